The molecule has 3 N–H and O–H groups in total. The molecule has 1 aromatic rings. The number of aryl methyl sites for hydroxylation is 1. The zero-order chi connectivity index (χ0) is 12.1. The van der Waals surface area contributed by atoms with Crippen molar-refractivity contribution >= 4 is 17.7 Å². The molecule has 0 saturated heterocycles. The first kappa shape index (κ1) is 13.1. The van der Waals surface area contributed by atoms with Gasteiger partial charge < -0.3 is 10.8 Å². The van der Waals surface area contributed by atoms with Gasteiger partial charge in [-0.25, -0.2) is 4.79 Å². The molecule has 0 spiro atoms. The number of hydrogen-bond acceptors (Lipinski definition) is 4. The molecule has 1 unspecified atom stereocenters. The highest BCUT2D eigenvalue weighted by Crippen LogP contribution is 2.21. The average molecular weight is 243 g/mol. The van der Waals surface area contributed by atoms with E-state index in [2.05, 4.69) is 12.0 Å². The van der Waals surface area contributed by atoms with Crippen molar-refractivity contribution in [2.45, 2.75) is 24.3 Å². The number of nitrogens with two attached hydrogens (primary N) is 1. The monoisotopic (exact) mass is 243 g/mol. The van der Waals surface area contributed by atoms with E-state index in [4.69, 9.17) is 10.8 Å². The molecule has 1 aromatic heterocycles. The quantitative estimate of drug-likeness (QED) is 0.781. The molecule has 0 aliphatic carbocycles. The molecule has 0 radical (unpaired) electrons. The highest BCUT2D eigenvalue weighted by atomic mass is 32.2. The molecule has 0 saturated carbocycles. The summed E-state index contributed by atoms with van der Waals surface area (Å²) < 4.78 is 1.62. The van der Waals surface area contributed by atoms with Crippen LogP contribution in [0, 0.1) is 0 Å². The molecule has 16 heavy (non-hydrogen) atoms. The zero-order valence-corrected chi connectivity index (χ0v) is 10.3. The van der Waals surface area contributed by atoms with Gasteiger partial charge in [-0.15, -0.1) is 0 Å². The Kier molecular flexibility index (Phi) is 4.82. The number of carbonyl (C=O) groups is 1. The Labute approximate surface area is 99.0 Å². The Morgan fingerprint density at radius 3 is 3.00 bits per heavy atom. The lowest BCUT2D eigenvalue weighted by molar-refractivity contribution is 0.0696. The first-order valence-corrected chi connectivity index (χ1v) is 6.17. The summed E-state index contributed by atoms with van der Waals surface area (Å²) in [7, 11) is 1.76. The van der Waals surface area contributed by atoms with E-state index < -0.39 is 5.97 Å². The molecule has 0 amide bonds. The molecule has 1 rings (SSSR count). The number of carboxylic acid groups (broad SMARTS) is 1. The maximum absolute atomic E-state index is 10.9. The molecule has 90 valence electrons. The summed E-state index contributed by atoms with van der Waals surface area (Å²) in [5, 5.41) is 13.4. The normalized spacial score (nSPS) is 12.7. The highest BCUT2D eigenvalue weighted by Gasteiger charge is 2.15. The van der Waals surface area contributed by atoms with Gasteiger partial charge in [0.25, 0.3) is 0 Å². The van der Waals surface area contributed by atoms with Crippen LogP contribution in [-0.2, 0) is 12.8 Å². The van der Waals surface area contributed by atoms with Crippen molar-refractivity contribution in [1.82, 2.24) is 9.78 Å². The fourth-order valence-electron chi connectivity index (χ4n) is 1.35. The minimum Gasteiger partial charge on any atom is -0.478 e. The molecule has 1 atom stereocenters. The molecular formula is C10H17N3O2S. The lowest BCUT2D eigenvalue weighted by Crippen LogP contribution is -2.09. The topological polar surface area (TPSA) is 81.1 Å². The lowest BCUT2D eigenvalue weighted by atomic mass is 10.3. The van der Waals surface area contributed by atoms with Crippen molar-refractivity contribution < 1.29 is 9.90 Å². The van der Waals surface area contributed by atoms with Crippen molar-refractivity contribution in [2.75, 3.05) is 6.54 Å². The number of thioether (sulfide) groups is 1. The van der Waals surface area contributed by atoms with Crippen LogP contribution in [0.25, 0.3) is 0 Å². The summed E-state index contributed by atoms with van der Waals surface area (Å²) in [4.78, 5) is 10.9. The summed E-state index contributed by atoms with van der Waals surface area (Å²) in [6, 6.07) is 0. The highest BCUT2D eigenvalue weighted by molar-refractivity contribution is 7.99. The van der Waals surface area contributed by atoms with Crippen molar-refractivity contribution in [1.29, 1.82) is 0 Å². The molecule has 1 heterocycles. The van der Waals surface area contributed by atoms with Crippen LogP contribution in [0.5, 0.6) is 0 Å². The van der Waals surface area contributed by atoms with Crippen LogP contribution in [-0.4, -0.2) is 32.7 Å². The van der Waals surface area contributed by atoms with E-state index in [1.165, 1.54) is 6.20 Å². The standard InChI is InChI=1S/C10H17N3O2S/c1-7(3-4-11)16-6-9-8(10(14)15)5-12-13(9)2/h5,7H,3-4,6,11H2,1-2H3,(H,14,15). The fourth-order valence-corrected chi connectivity index (χ4v) is 2.44. The van der Waals surface area contributed by atoms with Crippen molar-refractivity contribution in [3.8, 4) is 0 Å². The van der Waals surface area contributed by atoms with E-state index in [1.54, 1.807) is 23.5 Å². The molecule has 0 aliphatic heterocycles. The summed E-state index contributed by atoms with van der Waals surface area (Å²) in [6.45, 7) is 2.75. The number of aromatic nitrogens is 2. The number of aromatic carboxylic acids is 1. The third-order valence-electron chi connectivity index (χ3n) is 2.37. The van der Waals surface area contributed by atoms with Gasteiger partial charge in [0.1, 0.15) is 5.56 Å². The first-order valence-electron chi connectivity index (χ1n) is 5.12. The van der Waals surface area contributed by atoms with Gasteiger partial charge in [0, 0.05) is 18.1 Å². The van der Waals surface area contributed by atoms with Crippen LogP contribution in [0.4, 0.5) is 0 Å². The van der Waals surface area contributed by atoms with Gasteiger partial charge in [-0.1, -0.05) is 6.92 Å². The molecular weight excluding hydrogens is 226 g/mol. The van der Waals surface area contributed by atoms with Gasteiger partial charge in [0.2, 0.25) is 0 Å². The lowest BCUT2D eigenvalue weighted by Gasteiger charge is -2.10. The van der Waals surface area contributed by atoms with E-state index in [1.807, 2.05) is 0 Å². The maximum Gasteiger partial charge on any atom is 0.339 e. The van der Waals surface area contributed by atoms with Crippen molar-refractivity contribution in [3.63, 3.8) is 0 Å². The number of nitrogens with zero attached hydrogens (tertiary/aromatic N) is 2. The van der Waals surface area contributed by atoms with E-state index in [-0.39, 0.29) is 5.56 Å². The van der Waals surface area contributed by atoms with Gasteiger partial charge in [-0.2, -0.15) is 16.9 Å². The summed E-state index contributed by atoms with van der Waals surface area (Å²) in [6.07, 6.45) is 2.33. The van der Waals surface area contributed by atoms with Crippen LogP contribution in [0.15, 0.2) is 6.20 Å². The van der Waals surface area contributed by atoms with Crippen LogP contribution in [0.3, 0.4) is 0 Å². The van der Waals surface area contributed by atoms with Gasteiger partial charge in [0.15, 0.2) is 0 Å². The predicted octanol–water partition coefficient (Wildman–Crippen LogP) is 1.09. The van der Waals surface area contributed by atoms with E-state index in [0.717, 1.165) is 12.1 Å². The summed E-state index contributed by atoms with van der Waals surface area (Å²) >= 11 is 1.70. The molecule has 6 heteroatoms. The molecule has 0 aromatic carbocycles. The largest absolute Gasteiger partial charge is 0.478 e. The molecule has 5 nitrogen and oxygen atoms in total. The number of carboxylic acids is 1. The second-order valence-corrected chi connectivity index (χ2v) is 5.06. The van der Waals surface area contributed by atoms with Crippen molar-refractivity contribution in [3.05, 3.63) is 17.5 Å². The van der Waals surface area contributed by atoms with E-state index >= 15 is 0 Å². The predicted molar refractivity (Wildman–Crippen MR) is 64.6 cm³/mol. The first-order chi connectivity index (χ1) is 7.56. The van der Waals surface area contributed by atoms with Crippen LogP contribution >= 0.6 is 11.8 Å². The third kappa shape index (κ3) is 3.24. The third-order valence-corrected chi connectivity index (χ3v) is 3.61. The van der Waals surface area contributed by atoms with Gasteiger partial charge >= 0.3 is 5.97 Å². The Balaban J connectivity index is 2.65. The smallest absolute Gasteiger partial charge is 0.339 e. The minimum absolute atomic E-state index is 0.287. The van der Waals surface area contributed by atoms with Crippen molar-refractivity contribution in [2.24, 2.45) is 12.8 Å². The maximum atomic E-state index is 10.9. The van der Waals surface area contributed by atoms with Crippen LogP contribution in [0.2, 0.25) is 0 Å². The molecule has 0 aliphatic rings. The number of rotatable bonds is 6. The van der Waals surface area contributed by atoms with Gasteiger partial charge in [-0.3, -0.25) is 4.68 Å². The summed E-state index contributed by atoms with van der Waals surface area (Å²) in [5.41, 5.74) is 6.50. The zero-order valence-electron chi connectivity index (χ0n) is 9.51. The van der Waals surface area contributed by atoms with Crippen LogP contribution in [0.1, 0.15) is 29.4 Å². The van der Waals surface area contributed by atoms with Crippen LogP contribution < -0.4 is 5.73 Å². The second kappa shape index (κ2) is 5.91. The van der Waals surface area contributed by atoms with Gasteiger partial charge in [-0.05, 0) is 13.0 Å². The second-order valence-electron chi connectivity index (χ2n) is 3.63. The average Bonchev–Trinajstić information content (AvgIpc) is 2.57. The minimum atomic E-state index is -0.921. The van der Waals surface area contributed by atoms with E-state index in [9.17, 15) is 4.79 Å². The fraction of sp³-hybridized carbons (Fsp3) is 0.600. The molecule has 0 bridgehead atoms. The number of hydrogen-bond donors (Lipinski definition) is 2. The van der Waals surface area contributed by atoms with E-state index in [0.29, 0.717) is 17.5 Å². The Morgan fingerprint density at radius 2 is 2.44 bits per heavy atom. The molecule has 0 fully saturated rings. The summed E-state index contributed by atoms with van der Waals surface area (Å²) in [5.74, 6) is -0.269. The Morgan fingerprint density at radius 1 is 1.75 bits per heavy atom. The SMILES string of the molecule is CC(CCN)SCc1c(C(=O)O)cnn1C. The Bertz CT molecular complexity index is 365. The van der Waals surface area contributed by atoms with Gasteiger partial charge in [0.05, 0.1) is 11.9 Å². The Hall–Kier alpha value is -1.01.